The highest BCUT2D eigenvalue weighted by atomic mass is 35.5. The van der Waals surface area contributed by atoms with E-state index in [1.807, 2.05) is 12.1 Å². The van der Waals surface area contributed by atoms with Crippen molar-refractivity contribution < 1.29 is 19.0 Å². The molecule has 2 heterocycles. The predicted molar refractivity (Wildman–Crippen MR) is 97.1 cm³/mol. The Morgan fingerprint density at radius 1 is 1.12 bits per heavy atom. The highest BCUT2D eigenvalue weighted by Crippen LogP contribution is 2.38. The minimum atomic E-state index is -0.274. The first-order valence-electron chi connectivity index (χ1n) is 8.57. The number of benzene rings is 1. The molecular formula is C19H19ClO4S. The summed E-state index contributed by atoms with van der Waals surface area (Å²) in [4.78, 5) is 14.4. The number of ether oxygens (including phenoxy) is 3. The Hall–Kier alpha value is -1.72. The van der Waals surface area contributed by atoms with Crippen LogP contribution in [0.5, 0.6) is 11.5 Å². The van der Waals surface area contributed by atoms with Crippen LogP contribution < -0.4 is 9.47 Å². The van der Waals surface area contributed by atoms with E-state index in [0.717, 1.165) is 18.4 Å². The molecule has 25 heavy (non-hydrogen) atoms. The SMILES string of the molecule is O=C(OCc1cc(Cl)c2c(c1)OCCO2)c1cc2c(s1)CCCCC2. The van der Waals surface area contributed by atoms with Crippen LogP contribution in [0.3, 0.4) is 0 Å². The van der Waals surface area contributed by atoms with Crippen LogP contribution in [0, 0.1) is 0 Å². The summed E-state index contributed by atoms with van der Waals surface area (Å²) in [6.45, 7) is 1.15. The molecule has 0 atom stereocenters. The average molecular weight is 379 g/mol. The lowest BCUT2D eigenvalue weighted by Crippen LogP contribution is -2.16. The van der Waals surface area contributed by atoms with Crippen LogP contribution in [0.2, 0.25) is 5.02 Å². The lowest BCUT2D eigenvalue weighted by atomic mass is 10.1. The Morgan fingerprint density at radius 3 is 2.88 bits per heavy atom. The van der Waals surface area contributed by atoms with Gasteiger partial charge in [-0.2, -0.15) is 0 Å². The first-order valence-corrected chi connectivity index (χ1v) is 9.77. The molecule has 6 heteroatoms. The van der Waals surface area contributed by atoms with E-state index in [9.17, 15) is 4.79 Å². The van der Waals surface area contributed by atoms with Gasteiger partial charge in [-0.15, -0.1) is 11.3 Å². The quantitative estimate of drug-likeness (QED) is 0.568. The maximum atomic E-state index is 12.4. The fourth-order valence-corrected chi connectivity index (χ4v) is 4.67. The second-order valence-corrected chi connectivity index (χ2v) is 7.84. The first-order chi connectivity index (χ1) is 12.2. The summed E-state index contributed by atoms with van der Waals surface area (Å²) >= 11 is 7.79. The van der Waals surface area contributed by atoms with Gasteiger partial charge in [0.2, 0.25) is 0 Å². The molecule has 2 aliphatic rings. The minimum absolute atomic E-state index is 0.164. The molecule has 132 valence electrons. The molecule has 0 spiro atoms. The highest BCUT2D eigenvalue weighted by molar-refractivity contribution is 7.14. The van der Waals surface area contributed by atoms with Crippen LogP contribution >= 0.6 is 22.9 Å². The normalized spacial score (nSPS) is 16.0. The van der Waals surface area contributed by atoms with Gasteiger partial charge < -0.3 is 14.2 Å². The van der Waals surface area contributed by atoms with Crippen molar-refractivity contribution in [2.45, 2.75) is 38.7 Å². The smallest absolute Gasteiger partial charge is 0.348 e. The number of halogens is 1. The van der Waals surface area contributed by atoms with Gasteiger partial charge in [0, 0.05) is 4.88 Å². The molecule has 0 unspecified atom stereocenters. The van der Waals surface area contributed by atoms with Crippen molar-refractivity contribution >= 4 is 28.9 Å². The third-order valence-corrected chi connectivity index (χ3v) is 5.97. The molecule has 1 aromatic heterocycles. The van der Waals surface area contributed by atoms with Gasteiger partial charge in [0.05, 0.1) is 5.02 Å². The molecule has 1 aromatic carbocycles. The Bertz CT molecular complexity index is 775. The van der Waals surface area contributed by atoms with E-state index < -0.39 is 0 Å². The summed E-state index contributed by atoms with van der Waals surface area (Å²) < 4.78 is 16.5. The molecule has 4 nitrogen and oxygen atoms in total. The fourth-order valence-electron chi connectivity index (χ4n) is 3.24. The van der Waals surface area contributed by atoms with Crippen molar-refractivity contribution in [1.29, 1.82) is 0 Å². The highest BCUT2D eigenvalue weighted by Gasteiger charge is 2.19. The van der Waals surface area contributed by atoms with Gasteiger partial charge in [0.15, 0.2) is 11.5 Å². The Morgan fingerprint density at radius 2 is 1.96 bits per heavy atom. The van der Waals surface area contributed by atoms with E-state index >= 15 is 0 Å². The fraction of sp³-hybridized carbons (Fsp3) is 0.421. The second kappa shape index (κ2) is 7.26. The standard InChI is InChI=1S/C19H19ClO4S/c20-14-8-12(9-15-18(14)23-7-6-22-15)11-24-19(21)17-10-13-4-2-1-3-5-16(13)25-17/h8-10H,1-7,11H2. The van der Waals surface area contributed by atoms with Gasteiger partial charge in [-0.3, -0.25) is 0 Å². The van der Waals surface area contributed by atoms with Crippen molar-refractivity contribution in [2.75, 3.05) is 13.2 Å². The summed E-state index contributed by atoms with van der Waals surface area (Å²) in [5.41, 5.74) is 2.11. The number of carbonyl (C=O) groups excluding carboxylic acids is 1. The third kappa shape index (κ3) is 3.62. The topological polar surface area (TPSA) is 44.8 Å². The Balaban J connectivity index is 1.44. The second-order valence-electron chi connectivity index (χ2n) is 6.30. The molecule has 0 radical (unpaired) electrons. The van der Waals surface area contributed by atoms with Crippen LogP contribution in [-0.2, 0) is 24.2 Å². The predicted octanol–water partition coefficient (Wildman–Crippen LogP) is 4.80. The molecule has 0 amide bonds. The van der Waals surface area contributed by atoms with E-state index in [0.29, 0.717) is 34.6 Å². The maximum Gasteiger partial charge on any atom is 0.348 e. The van der Waals surface area contributed by atoms with Crippen molar-refractivity contribution in [3.05, 3.63) is 44.1 Å². The summed E-state index contributed by atoms with van der Waals surface area (Å²) in [7, 11) is 0. The average Bonchev–Trinajstić information content (AvgIpc) is 2.90. The zero-order valence-electron chi connectivity index (χ0n) is 13.8. The lowest BCUT2D eigenvalue weighted by molar-refractivity contribution is 0.0477. The molecule has 0 saturated heterocycles. The number of hydrogen-bond acceptors (Lipinski definition) is 5. The number of carbonyl (C=O) groups is 1. The third-order valence-electron chi connectivity index (χ3n) is 4.47. The van der Waals surface area contributed by atoms with Crippen molar-refractivity contribution in [3.8, 4) is 11.5 Å². The maximum absolute atomic E-state index is 12.4. The summed E-state index contributed by atoms with van der Waals surface area (Å²) in [6.07, 6.45) is 5.82. The van der Waals surface area contributed by atoms with Gasteiger partial charge in [0.1, 0.15) is 24.7 Å². The molecule has 0 bridgehead atoms. The van der Waals surface area contributed by atoms with E-state index in [-0.39, 0.29) is 12.6 Å². The van der Waals surface area contributed by atoms with Gasteiger partial charge in [0.25, 0.3) is 0 Å². The first kappa shape index (κ1) is 16.7. The minimum Gasteiger partial charge on any atom is -0.486 e. The summed E-state index contributed by atoms with van der Waals surface area (Å²) in [5.74, 6) is 0.890. The van der Waals surface area contributed by atoms with Crippen LogP contribution in [0.1, 0.15) is 44.9 Å². The summed E-state index contributed by atoms with van der Waals surface area (Å²) in [5, 5.41) is 0.478. The molecule has 1 aliphatic carbocycles. The Labute approximate surface area is 155 Å². The molecule has 0 saturated carbocycles. The summed E-state index contributed by atoms with van der Waals surface area (Å²) in [6, 6.07) is 5.58. The number of fused-ring (bicyclic) bond motifs is 2. The molecule has 1 aliphatic heterocycles. The van der Waals surface area contributed by atoms with Gasteiger partial charge >= 0.3 is 5.97 Å². The molecule has 2 aromatic rings. The number of esters is 1. The largest absolute Gasteiger partial charge is 0.486 e. The number of rotatable bonds is 3. The van der Waals surface area contributed by atoms with Crippen LogP contribution in [-0.4, -0.2) is 19.2 Å². The Kier molecular flexibility index (Phi) is 4.86. The zero-order valence-corrected chi connectivity index (χ0v) is 15.4. The van der Waals surface area contributed by atoms with Crippen LogP contribution in [0.25, 0.3) is 0 Å². The van der Waals surface area contributed by atoms with Crippen molar-refractivity contribution in [3.63, 3.8) is 0 Å². The molecule has 0 N–H and O–H groups in total. The van der Waals surface area contributed by atoms with Gasteiger partial charge in [-0.25, -0.2) is 4.79 Å². The number of hydrogen-bond donors (Lipinski definition) is 0. The zero-order chi connectivity index (χ0) is 17.2. The van der Waals surface area contributed by atoms with Crippen LogP contribution in [0.4, 0.5) is 0 Å². The molecule has 4 rings (SSSR count). The lowest BCUT2D eigenvalue weighted by Gasteiger charge is -2.20. The van der Waals surface area contributed by atoms with Crippen molar-refractivity contribution in [1.82, 2.24) is 0 Å². The molecule has 0 fully saturated rings. The number of thiophene rings is 1. The van der Waals surface area contributed by atoms with E-state index in [1.54, 1.807) is 17.4 Å². The molecular weight excluding hydrogens is 360 g/mol. The van der Waals surface area contributed by atoms with E-state index in [4.69, 9.17) is 25.8 Å². The van der Waals surface area contributed by atoms with E-state index in [2.05, 4.69) is 0 Å². The van der Waals surface area contributed by atoms with Crippen molar-refractivity contribution in [2.24, 2.45) is 0 Å². The van der Waals surface area contributed by atoms with Crippen LogP contribution in [0.15, 0.2) is 18.2 Å². The van der Waals surface area contributed by atoms with Gasteiger partial charge in [-0.1, -0.05) is 18.0 Å². The number of aryl methyl sites for hydroxylation is 2. The monoisotopic (exact) mass is 378 g/mol. The van der Waals surface area contributed by atoms with E-state index in [1.165, 1.54) is 29.7 Å². The van der Waals surface area contributed by atoms with Gasteiger partial charge in [-0.05, 0) is 55.0 Å².